The molecule has 0 radical (unpaired) electrons. The van der Waals surface area contributed by atoms with Crippen molar-refractivity contribution in [1.29, 1.82) is 0 Å². The molecule has 2 unspecified atom stereocenters. The van der Waals surface area contributed by atoms with Crippen LogP contribution >= 0.6 is 0 Å². The predicted octanol–water partition coefficient (Wildman–Crippen LogP) is -3.30. The number of fused-ring (bicyclic) bond motifs is 2. The standard InChI is InChI=1S/C8H12O3.Na/c1-7-2-3-8(4-7,5-11-7)6(9)10;/h2-5H2,1H3,(H,9,10);/q;+1/p-1. The van der Waals surface area contributed by atoms with Gasteiger partial charge in [-0.2, -0.15) is 0 Å². The zero-order valence-corrected chi connectivity index (χ0v) is 9.55. The van der Waals surface area contributed by atoms with Gasteiger partial charge in [0.2, 0.25) is 0 Å². The largest absolute Gasteiger partial charge is 1.00 e. The minimum atomic E-state index is -0.932. The van der Waals surface area contributed by atoms with Gasteiger partial charge in [0, 0.05) is 11.4 Å². The van der Waals surface area contributed by atoms with E-state index < -0.39 is 11.4 Å². The van der Waals surface area contributed by atoms with Crippen molar-refractivity contribution in [1.82, 2.24) is 0 Å². The van der Waals surface area contributed by atoms with Crippen LogP contribution in [-0.2, 0) is 9.53 Å². The summed E-state index contributed by atoms with van der Waals surface area (Å²) in [5, 5.41) is 10.7. The summed E-state index contributed by atoms with van der Waals surface area (Å²) < 4.78 is 5.38. The zero-order valence-electron chi connectivity index (χ0n) is 7.55. The van der Waals surface area contributed by atoms with Crippen LogP contribution in [-0.4, -0.2) is 18.2 Å². The van der Waals surface area contributed by atoms with E-state index in [0.29, 0.717) is 13.0 Å². The quantitative estimate of drug-likeness (QED) is 0.395. The van der Waals surface area contributed by atoms with Crippen molar-refractivity contribution >= 4 is 5.97 Å². The Bertz CT molecular complexity index is 206. The van der Waals surface area contributed by atoms with Gasteiger partial charge in [-0.15, -0.1) is 0 Å². The Morgan fingerprint density at radius 1 is 1.50 bits per heavy atom. The monoisotopic (exact) mass is 178 g/mol. The van der Waals surface area contributed by atoms with E-state index in [4.69, 9.17) is 4.74 Å². The van der Waals surface area contributed by atoms with Gasteiger partial charge in [0.25, 0.3) is 0 Å². The maximum absolute atomic E-state index is 10.7. The number of hydrogen-bond acceptors (Lipinski definition) is 3. The van der Waals surface area contributed by atoms with Crippen LogP contribution in [0.4, 0.5) is 0 Å². The fourth-order valence-corrected chi connectivity index (χ4v) is 2.19. The average Bonchev–Trinajstić information content (AvgIpc) is 2.42. The summed E-state index contributed by atoms with van der Waals surface area (Å²) in [7, 11) is 0. The third-order valence-electron chi connectivity index (χ3n) is 2.97. The maximum Gasteiger partial charge on any atom is 1.00 e. The van der Waals surface area contributed by atoms with Gasteiger partial charge in [-0.1, -0.05) is 0 Å². The van der Waals surface area contributed by atoms with E-state index in [1.807, 2.05) is 6.92 Å². The van der Waals surface area contributed by atoms with Gasteiger partial charge in [-0.05, 0) is 26.2 Å². The van der Waals surface area contributed by atoms with E-state index in [9.17, 15) is 9.90 Å². The van der Waals surface area contributed by atoms with Crippen molar-refractivity contribution in [2.24, 2.45) is 5.41 Å². The van der Waals surface area contributed by atoms with Crippen molar-refractivity contribution in [2.75, 3.05) is 6.61 Å². The molecule has 2 atom stereocenters. The van der Waals surface area contributed by atoms with Crippen LogP contribution in [0.5, 0.6) is 0 Å². The molecule has 2 rings (SSSR count). The molecule has 0 amide bonds. The van der Waals surface area contributed by atoms with E-state index in [0.717, 1.165) is 12.8 Å². The number of carbonyl (C=O) groups excluding carboxylic acids is 1. The predicted molar refractivity (Wildman–Crippen MR) is 35.6 cm³/mol. The first-order valence-electron chi connectivity index (χ1n) is 3.92. The molecule has 2 bridgehead atoms. The van der Waals surface area contributed by atoms with Crippen LogP contribution in [0.2, 0.25) is 0 Å². The number of carboxylic acids is 1. The fourth-order valence-electron chi connectivity index (χ4n) is 2.19. The Morgan fingerprint density at radius 3 is 2.33 bits per heavy atom. The van der Waals surface area contributed by atoms with E-state index in [1.54, 1.807) is 0 Å². The molecule has 1 aliphatic heterocycles. The fraction of sp³-hybridized carbons (Fsp3) is 0.875. The molecule has 1 saturated carbocycles. The summed E-state index contributed by atoms with van der Waals surface area (Å²) >= 11 is 0. The first-order chi connectivity index (χ1) is 5.06. The summed E-state index contributed by atoms with van der Waals surface area (Å²) in [6.45, 7) is 2.33. The molecule has 2 fully saturated rings. The minimum Gasteiger partial charge on any atom is -0.549 e. The second-order valence-corrected chi connectivity index (χ2v) is 3.98. The van der Waals surface area contributed by atoms with Crippen LogP contribution < -0.4 is 34.7 Å². The Balaban J connectivity index is 0.000000720. The molecule has 0 aromatic rings. The van der Waals surface area contributed by atoms with Gasteiger partial charge >= 0.3 is 29.6 Å². The van der Waals surface area contributed by atoms with Gasteiger partial charge in [-0.3, -0.25) is 0 Å². The first-order valence-corrected chi connectivity index (χ1v) is 3.92. The van der Waals surface area contributed by atoms with Crippen molar-refractivity contribution < 1.29 is 44.2 Å². The molecule has 1 saturated heterocycles. The molecular weight excluding hydrogens is 167 g/mol. The minimum absolute atomic E-state index is 0. The summed E-state index contributed by atoms with van der Waals surface area (Å²) in [5.74, 6) is -0.932. The second kappa shape index (κ2) is 2.98. The smallest absolute Gasteiger partial charge is 0.549 e. The second-order valence-electron chi connectivity index (χ2n) is 3.98. The summed E-state index contributed by atoms with van der Waals surface area (Å²) in [6, 6.07) is 0. The number of rotatable bonds is 1. The molecule has 0 aromatic carbocycles. The third-order valence-corrected chi connectivity index (χ3v) is 2.97. The average molecular weight is 178 g/mol. The zero-order chi connectivity index (χ0) is 8.11. The molecule has 12 heavy (non-hydrogen) atoms. The van der Waals surface area contributed by atoms with E-state index >= 15 is 0 Å². The first kappa shape index (κ1) is 10.5. The van der Waals surface area contributed by atoms with Crippen molar-refractivity contribution in [3.63, 3.8) is 0 Å². The Labute approximate surface area is 93.8 Å². The van der Waals surface area contributed by atoms with E-state index in [-0.39, 0.29) is 35.2 Å². The van der Waals surface area contributed by atoms with Crippen molar-refractivity contribution in [3.05, 3.63) is 0 Å². The van der Waals surface area contributed by atoms with Crippen LogP contribution in [0, 0.1) is 5.41 Å². The number of hydrogen-bond donors (Lipinski definition) is 0. The molecule has 62 valence electrons. The Morgan fingerprint density at radius 2 is 2.17 bits per heavy atom. The summed E-state index contributed by atoms with van der Waals surface area (Å²) in [6.07, 6.45) is 2.23. The SMILES string of the molecule is CC12CCC(C(=O)[O-])(CO1)C2.[Na+]. The number of aliphatic carboxylic acids is 1. The van der Waals surface area contributed by atoms with Crippen molar-refractivity contribution in [3.8, 4) is 0 Å². The molecule has 0 spiro atoms. The van der Waals surface area contributed by atoms with Crippen LogP contribution in [0.3, 0.4) is 0 Å². The Hall–Kier alpha value is 0.430. The summed E-state index contributed by atoms with van der Waals surface area (Å²) in [5.41, 5.74) is -0.811. The number of ether oxygens (including phenoxy) is 1. The molecule has 0 aromatic heterocycles. The molecule has 1 aliphatic carbocycles. The normalized spacial score (nSPS) is 44.1. The van der Waals surface area contributed by atoms with Gasteiger partial charge in [0.05, 0.1) is 12.2 Å². The van der Waals surface area contributed by atoms with E-state index in [2.05, 4.69) is 0 Å². The third kappa shape index (κ3) is 1.33. The molecule has 4 heteroatoms. The van der Waals surface area contributed by atoms with Crippen LogP contribution in [0.25, 0.3) is 0 Å². The molecule has 3 nitrogen and oxygen atoms in total. The van der Waals surface area contributed by atoms with Crippen LogP contribution in [0.15, 0.2) is 0 Å². The topological polar surface area (TPSA) is 49.4 Å². The van der Waals surface area contributed by atoms with Gasteiger partial charge in [-0.25, -0.2) is 0 Å². The maximum atomic E-state index is 10.7. The Kier molecular flexibility index (Phi) is 2.61. The van der Waals surface area contributed by atoms with Gasteiger partial charge in [0.15, 0.2) is 0 Å². The van der Waals surface area contributed by atoms with Crippen molar-refractivity contribution in [2.45, 2.75) is 31.8 Å². The molecule has 0 N–H and O–H groups in total. The molecule has 1 heterocycles. The van der Waals surface area contributed by atoms with Gasteiger partial charge in [0.1, 0.15) is 0 Å². The molecule has 2 aliphatic rings. The number of carbonyl (C=O) groups is 1. The molecular formula is C8H11NaO3. The summed E-state index contributed by atoms with van der Waals surface area (Å²) in [4.78, 5) is 10.7. The number of carboxylic acid groups (broad SMARTS) is 1. The van der Waals surface area contributed by atoms with Gasteiger partial charge < -0.3 is 14.6 Å². The van der Waals surface area contributed by atoms with E-state index in [1.165, 1.54) is 0 Å². The van der Waals surface area contributed by atoms with Crippen LogP contribution in [0.1, 0.15) is 26.2 Å².